The summed E-state index contributed by atoms with van der Waals surface area (Å²) in [6.45, 7) is 2.41. The Balaban J connectivity index is 1.86. The number of hydrogen-bond acceptors (Lipinski definition) is 2. The van der Waals surface area contributed by atoms with E-state index in [-0.39, 0.29) is 23.5 Å². The van der Waals surface area contributed by atoms with Crippen LogP contribution in [0.15, 0.2) is 48.5 Å². The number of aryl methyl sites for hydroxylation is 1. The zero-order valence-corrected chi connectivity index (χ0v) is 13.4. The highest BCUT2D eigenvalue weighted by Crippen LogP contribution is 2.32. The maximum absolute atomic E-state index is 13.2. The van der Waals surface area contributed by atoms with Gasteiger partial charge in [-0.2, -0.15) is 0 Å². The average molecular weight is 326 g/mol. The molecule has 2 N–H and O–H groups in total. The maximum Gasteiger partial charge on any atom is 0.237 e. The molecule has 1 aliphatic rings. The molecule has 2 amide bonds. The molecule has 0 aliphatic carbocycles. The molecule has 4 nitrogen and oxygen atoms in total. The summed E-state index contributed by atoms with van der Waals surface area (Å²) < 4.78 is 13.2. The van der Waals surface area contributed by atoms with Gasteiger partial charge in [0.05, 0.1) is 0 Å². The second-order valence-corrected chi connectivity index (χ2v) is 6.02. The molecule has 2 atom stereocenters. The second kappa shape index (κ2) is 6.83. The van der Waals surface area contributed by atoms with Crippen LogP contribution in [0.4, 0.5) is 10.1 Å². The normalized spacial score (nSPS) is 20.3. The van der Waals surface area contributed by atoms with Crippen molar-refractivity contribution in [2.75, 3.05) is 11.9 Å². The molecule has 0 radical (unpaired) electrons. The van der Waals surface area contributed by atoms with E-state index in [0.717, 1.165) is 11.1 Å². The van der Waals surface area contributed by atoms with Gasteiger partial charge in [0.25, 0.3) is 0 Å². The van der Waals surface area contributed by atoms with E-state index < -0.39 is 5.92 Å². The second-order valence-electron chi connectivity index (χ2n) is 6.02. The summed E-state index contributed by atoms with van der Waals surface area (Å²) in [4.78, 5) is 25.1. The minimum Gasteiger partial charge on any atom is -0.355 e. The predicted molar refractivity (Wildman–Crippen MR) is 90.1 cm³/mol. The molecule has 0 saturated carbocycles. The van der Waals surface area contributed by atoms with Crippen molar-refractivity contribution in [2.45, 2.75) is 19.3 Å². The molecule has 124 valence electrons. The highest BCUT2D eigenvalue weighted by Gasteiger charge is 2.38. The van der Waals surface area contributed by atoms with Crippen molar-refractivity contribution in [3.05, 3.63) is 65.5 Å². The molecule has 1 saturated heterocycles. The first-order valence-electron chi connectivity index (χ1n) is 7.96. The van der Waals surface area contributed by atoms with E-state index >= 15 is 0 Å². The molecular formula is C19H19FN2O2. The van der Waals surface area contributed by atoms with Gasteiger partial charge in [-0.1, -0.05) is 30.3 Å². The topological polar surface area (TPSA) is 58.2 Å². The number of para-hydroxylation sites is 1. The molecule has 2 aromatic carbocycles. The summed E-state index contributed by atoms with van der Waals surface area (Å²) >= 11 is 0. The number of amides is 2. The van der Waals surface area contributed by atoms with Crippen molar-refractivity contribution < 1.29 is 14.0 Å². The van der Waals surface area contributed by atoms with Gasteiger partial charge >= 0.3 is 0 Å². The van der Waals surface area contributed by atoms with Gasteiger partial charge in [0.15, 0.2) is 0 Å². The van der Waals surface area contributed by atoms with E-state index in [9.17, 15) is 14.0 Å². The Morgan fingerprint density at radius 1 is 1.17 bits per heavy atom. The van der Waals surface area contributed by atoms with Crippen LogP contribution in [0.2, 0.25) is 0 Å². The number of halogens is 1. The van der Waals surface area contributed by atoms with Crippen molar-refractivity contribution in [1.29, 1.82) is 0 Å². The van der Waals surface area contributed by atoms with Gasteiger partial charge in [0.1, 0.15) is 11.7 Å². The molecule has 1 aliphatic heterocycles. The van der Waals surface area contributed by atoms with Crippen LogP contribution < -0.4 is 10.6 Å². The summed E-state index contributed by atoms with van der Waals surface area (Å²) in [6.07, 6.45) is 0.642. The molecule has 0 spiro atoms. The monoisotopic (exact) mass is 326 g/mol. The predicted octanol–water partition coefficient (Wildman–Crippen LogP) is 2.99. The number of nitrogens with one attached hydrogen (secondary N) is 2. The smallest absolute Gasteiger partial charge is 0.237 e. The Bertz CT molecular complexity index is 758. The van der Waals surface area contributed by atoms with Crippen molar-refractivity contribution in [3.8, 4) is 0 Å². The lowest BCUT2D eigenvalue weighted by Gasteiger charge is -2.30. The van der Waals surface area contributed by atoms with Gasteiger partial charge in [-0.3, -0.25) is 9.59 Å². The first-order valence-corrected chi connectivity index (χ1v) is 7.96. The largest absolute Gasteiger partial charge is 0.355 e. The van der Waals surface area contributed by atoms with Gasteiger partial charge in [0.2, 0.25) is 11.8 Å². The number of carbonyl (C=O) groups is 2. The Morgan fingerprint density at radius 3 is 2.58 bits per heavy atom. The molecule has 1 heterocycles. The van der Waals surface area contributed by atoms with Gasteiger partial charge in [-0.05, 0) is 42.7 Å². The number of anilines is 1. The average Bonchev–Trinajstić information content (AvgIpc) is 2.57. The van der Waals surface area contributed by atoms with Gasteiger partial charge in [-0.25, -0.2) is 4.39 Å². The van der Waals surface area contributed by atoms with E-state index in [0.29, 0.717) is 18.7 Å². The van der Waals surface area contributed by atoms with Crippen LogP contribution in [0, 0.1) is 18.7 Å². The molecule has 0 bridgehead atoms. The standard InChI is InChI=1S/C19H19FN2O2/c1-12-4-2-3-5-16(12)22-19(24)17-15(10-11-21-18(17)23)13-6-8-14(20)9-7-13/h2-9,15,17H,10-11H2,1H3,(H,21,23)(H,22,24)/t15?,17-/m1/s1. The Hall–Kier alpha value is -2.69. The summed E-state index contributed by atoms with van der Waals surface area (Å²) in [5, 5.41) is 5.60. The molecule has 0 aromatic heterocycles. The first-order chi connectivity index (χ1) is 11.6. The fourth-order valence-corrected chi connectivity index (χ4v) is 3.10. The highest BCUT2D eigenvalue weighted by molar-refractivity contribution is 6.07. The Kier molecular flexibility index (Phi) is 4.60. The van der Waals surface area contributed by atoms with Crippen LogP contribution in [0.5, 0.6) is 0 Å². The molecule has 24 heavy (non-hydrogen) atoms. The van der Waals surface area contributed by atoms with E-state index in [4.69, 9.17) is 0 Å². The lowest BCUT2D eigenvalue weighted by molar-refractivity contribution is -0.135. The summed E-state index contributed by atoms with van der Waals surface area (Å²) in [6, 6.07) is 13.4. The van der Waals surface area contributed by atoms with Crippen LogP contribution in [-0.2, 0) is 9.59 Å². The third-order valence-electron chi connectivity index (χ3n) is 4.42. The quantitative estimate of drug-likeness (QED) is 0.852. The zero-order valence-electron chi connectivity index (χ0n) is 13.4. The number of benzene rings is 2. The first kappa shape index (κ1) is 16.2. The number of rotatable bonds is 3. The Morgan fingerprint density at radius 2 is 1.88 bits per heavy atom. The van der Waals surface area contributed by atoms with Gasteiger partial charge in [0, 0.05) is 18.2 Å². The molecular weight excluding hydrogens is 307 g/mol. The molecule has 3 rings (SSSR count). The summed E-state index contributed by atoms with van der Waals surface area (Å²) in [5.41, 5.74) is 2.43. The van der Waals surface area contributed by atoms with E-state index in [2.05, 4.69) is 10.6 Å². The van der Waals surface area contributed by atoms with Gasteiger partial charge < -0.3 is 10.6 Å². The molecule has 5 heteroatoms. The van der Waals surface area contributed by atoms with Crippen LogP contribution in [0.1, 0.15) is 23.5 Å². The van der Waals surface area contributed by atoms with Crippen molar-refractivity contribution in [2.24, 2.45) is 5.92 Å². The number of piperidine rings is 1. The molecule has 1 unspecified atom stereocenters. The molecule has 1 fully saturated rings. The zero-order chi connectivity index (χ0) is 17.1. The third-order valence-corrected chi connectivity index (χ3v) is 4.42. The third kappa shape index (κ3) is 3.30. The minimum absolute atomic E-state index is 0.261. The van der Waals surface area contributed by atoms with Crippen LogP contribution in [0.3, 0.4) is 0 Å². The fraction of sp³-hybridized carbons (Fsp3) is 0.263. The summed E-state index contributed by atoms with van der Waals surface area (Å²) in [7, 11) is 0. The van der Waals surface area contributed by atoms with E-state index in [1.54, 1.807) is 18.2 Å². The highest BCUT2D eigenvalue weighted by atomic mass is 19.1. The van der Waals surface area contributed by atoms with Crippen LogP contribution in [0.25, 0.3) is 0 Å². The van der Waals surface area contributed by atoms with Gasteiger partial charge in [-0.15, -0.1) is 0 Å². The van der Waals surface area contributed by atoms with Crippen LogP contribution in [-0.4, -0.2) is 18.4 Å². The molecule has 2 aromatic rings. The number of carbonyl (C=O) groups excluding carboxylic acids is 2. The van der Waals surface area contributed by atoms with Crippen LogP contribution >= 0.6 is 0 Å². The van der Waals surface area contributed by atoms with Crippen molar-refractivity contribution in [3.63, 3.8) is 0 Å². The lowest BCUT2D eigenvalue weighted by Crippen LogP contribution is -2.46. The SMILES string of the molecule is Cc1ccccc1NC(=O)[C@H]1C(=O)NCCC1c1ccc(F)cc1. The van der Waals surface area contributed by atoms with Crippen molar-refractivity contribution >= 4 is 17.5 Å². The van der Waals surface area contributed by atoms with E-state index in [1.807, 2.05) is 25.1 Å². The Labute approximate surface area is 140 Å². The maximum atomic E-state index is 13.2. The summed E-state index contributed by atoms with van der Waals surface area (Å²) in [5.74, 6) is -2.05. The van der Waals surface area contributed by atoms with E-state index in [1.165, 1.54) is 12.1 Å². The number of hydrogen-bond donors (Lipinski definition) is 2. The minimum atomic E-state index is -0.830. The van der Waals surface area contributed by atoms with Crippen molar-refractivity contribution in [1.82, 2.24) is 5.32 Å². The fourth-order valence-electron chi connectivity index (χ4n) is 3.10. The lowest BCUT2D eigenvalue weighted by atomic mass is 9.80.